The maximum absolute atomic E-state index is 10.6. The minimum Gasteiger partial charge on any atom is -0.493 e. The van der Waals surface area contributed by atoms with Gasteiger partial charge in [-0.2, -0.15) is 0 Å². The zero-order valence-corrected chi connectivity index (χ0v) is 9.38. The van der Waals surface area contributed by atoms with Gasteiger partial charge in [0.15, 0.2) is 18.1 Å². The monoisotopic (exact) mass is 235 g/mol. The second-order valence-corrected chi connectivity index (χ2v) is 3.16. The lowest BCUT2D eigenvalue weighted by Crippen LogP contribution is -2.20. The Balaban J connectivity index is 2.88. The van der Waals surface area contributed by atoms with Crippen LogP contribution in [0.4, 0.5) is 0 Å². The average molecular weight is 235 g/mol. The number of allylic oxidation sites excluding steroid dienone is 1. The molecule has 5 nitrogen and oxygen atoms in total. The summed E-state index contributed by atoms with van der Waals surface area (Å²) in [6.07, 6.45) is 3.69. The number of primary amides is 1. The van der Waals surface area contributed by atoms with Crippen molar-refractivity contribution in [2.24, 2.45) is 5.73 Å². The normalized spacial score (nSPS) is 10.2. The average Bonchev–Trinajstić information content (AvgIpc) is 2.34. The van der Waals surface area contributed by atoms with E-state index in [0.29, 0.717) is 17.8 Å². The number of benzene rings is 1. The molecule has 90 valence electrons. The van der Waals surface area contributed by atoms with Gasteiger partial charge >= 0.3 is 0 Å². The molecule has 0 aliphatic rings. The van der Waals surface area contributed by atoms with E-state index in [-0.39, 0.29) is 6.61 Å². The number of amides is 1. The number of ether oxygens (including phenoxy) is 2. The second-order valence-electron chi connectivity index (χ2n) is 3.16. The fourth-order valence-corrected chi connectivity index (χ4v) is 1.21. The second kappa shape index (κ2) is 6.32. The summed E-state index contributed by atoms with van der Waals surface area (Å²) in [6.45, 7) is -0.208. The predicted octanol–water partition coefficient (Wildman–Crippen LogP) is 0.771. The molecule has 0 radical (unpaired) electrons. The lowest BCUT2D eigenvalue weighted by molar-refractivity contribution is -0.120. The smallest absolute Gasteiger partial charge is 0.255 e. The molecule has 0 spiro atoms. The summed E-state index contributed by atoms with van der Waals surface area (Å²) in [7, 11) is 1.49. The Morgan fingerprint density at radius 1 is 1.41 bits per heavy atom. The molecule has 0 fully saturated rings. The maximum atomic E-state index is 10.6. The zero-order valence-electron chi connectivity index (χ0n) is 9.38. The van der Waals surface area contributed by atoms with Crippen LogP contribution in [0.2, 0.25) is 0 Å². The van der Waals surface area contributed by atoms with E-state index in [4.69, 9.17) is 15.2 Å². The fraction of sp³-hybridized carbons (Fsp3) is 0.167. The van der Waals surface area contributed by atoms with Crippen LogP contribution in [0.3, 0.4) is 0 Å². The molecule has 0 aliphatic carbocycles. The van der Waals surface area contributed by atoms with Gasteiger partial charge in [-0.15, -0.1) is 0 Å². The maximum Gasteiger partial charge on any atom is 0.255 e. The van der Waals surface area contributed by atoms with Crippen LogP contribution in [-0.2, 0) is 9.59 Å². The van der Waals surface area contributed by atoms with E-state index >= 15 is 0 Å². The van der Waals surface area contributed by atoms with Crippen LogP contribution in [0.15, 0.2) is 24.3 Å². The zero-order chi connectivity index (χ0) is 12.7. The highest BCUT2D eigenvalue weighted by molar-refractivity contribution is 5.76. The summed E-state index contributed by atoms with van der Waals surface area (Å²) >= 11 is 0. The van der Waals surface area contributed by atoms with Crippen molar-refractivity contribution in [3.8, 4) is 11.5 Å². The predicted molar refractivity (Wildman–Crippen MR) is 62.8 cm³/mol. The van der Waals surface area contributed by atoms with Crippen molar-refractivity contribution in [2.45, 2.75) is 0 Å². The molecule has 1 aromatic rings. The van der Waals surface area contributed by atoms with Gasteiger partial charge in [0.25, 0.3) is 5.91 Å². The molecule has 0 heterocycles. The molecule has 0 atom stereocenters. The molecule has 1 amide bonds. The minimum atomic E-state index is -0.558. The van der Waals surface area contributed by atoms with Crippen LogP contribution in [0.25, 0.3) is 6.08 Å². The molecule has 0 saturated heterocycles. The SMILES string of the molecule is COc1cc(C=CC=O)ccc1OCC(N)=O. The highest BCUT2D eigenvalue weighted by Gasteiger charge is 2.05. The molecule has 1 aromatic carbocycles. The Bertz CT molecular complexity index is 440. The Morgan fingerprint density at radius 3 is 2.76 bits per heavy atom. The van der Waals surface area contributed by atoms with Crippen LogP contribution in [-0.4, -0.2) is 25.9 Å². The summed E-state index contributed by atoms with van der Waals surface area (Å²) in [6, 6.07) is 5.07. The lowest BCUT2D eigenvalue weighted by atomic mass is 10.2. The van der Waals surface area contributed by atoms with E-state index < -0.39 is 5.91 Å². The van der Waals surface area contributed by atoms with Crippen molar-refractivity contribution in [3.63, 3.8) is 0 Å². The van der Waals surface area contributed by atoms with Gasteiger partial charge in [0.1, 0.15) is 6.29 Å². The lowest BCUT2D eigenvalue weighted by Gasteiger charge is -2.09. The van der Waals surface area contributed by atoms with Gasteiger partial charge in [-0.25, -0.2) is 0 Å². The van der Waals surface area contributed by atoms with Gasteiger partial charge < -0.3 is 15.2 Å². The van der Waals surface area contributed by atoms with Crippen molar-refractivity contribution >= 4 is 18.3 Å². The number of hydrogen-bond acceptors (Lipinski definition) is 4. The van der Waals surface area contributed by atoms with Gasteiger partial charge in [-0.05, 0) is 23.8 Å². The quantitative estimate of drug-likeness (QED) is 0.583. The number of carbonyl (C=O) groups excluding carboxylic acids is 2. The molecule has 1 rings (SSSR count). The molecule has 0 bridgehead atoms. The van der Waals surface area contributed by atoms with Crippen molar-refractivity contribution in [3.05, 3.63) is 29.8 Å². The molecular weight excluding hydrogens is 222 g/mol. The van der Waals surface area contributed by atoms with Crippen LogP contribution >= 0.6 is 0 Å². The Labute approximate surface area is 98.8 Å². The third-order valence-electron chi connectivity index (χ3n) is 1.92. The molecule has 5 heteroatoms. The Kier molecular flexibility index (Phi) is 4.75. The van der Waals surface area contributed by atoms with Gasteiger partial charge in [0.2, 0.25) is 0 Å². The molecule has 17 heavy (non-hydrogen) atoms. The first kappa shape index (κ1) is 12.8. The molecule has 0 aliphatic heterocycles. The standard InChI is InChI=1S/C12H13NO4/c1-16-11-7-9(3-2-6-14)4-5-10(11)17-8-12(13)15/h2-7H,8H2,1H3,(H2,13,15). The van der Waals surface area contributed by atoms with Crippen molar-refractivity contribution in [1.29, 1.82) is 0 Å². The van der Waals surface area contributed by atoms with E-state index in [1.165, 1.54) is 13.2 Å². The molecule has 2 N–H and O–H groups in total. The van der Waals surface area contributed by atoms with E-state index in [0.717, 1.165) is 5.56 Å². The van der Waals surface area contributed by atoms with E-state index in [2.05, 4.69) is 0 Å². The topological polar surface area (TPSA) is 78.6 Å². The number of nitrogens with two attached hydrogens (primary N) is 1. The van der Waals surface area contributed by atoms with E-state index in [9.17, 15) is 9.59 Å². The molecule has 0 unspecified atom stereocenters. The third kappa shape index (κ3) is 3.98. The fourth-order valence-electron chi connectivity index (χ4n) is 1.21. The Hall–Kier alpha value is -2.30. The Morgan fingerprint density at radius 2 is 2.18 bits per heavy atom. The third-order valence-corrected chi connectivity index (χ3v) is 1.92. The van der Waals surface area contributed by atoms with Crippen molar-refractivity contribution < 1.29 is 19.1 Å². The largest absolute Gasteiger partial charge is 0.493 e. The van der Waals surface area contributed by atoms with Crippen molar-refractivity contribution in [2.75, 3.05) is 13.7 Å². The first-order valence-corrected chi connectivity index (χ1v) is 4.88. The summed E-state index contributed by atoms with van der Waals surface area (Å²) in [4.78, 5) is 20.8. The van der Waals surface area contributed by atoms with Gasteiger partial charge in [-0.1, -0.05) is 12.1 Å². The highest BCUT2D eigenvalue weighted by Crippen LogP contribution is 2.28. The summed E-state index contributed by atoms with van der Waals surface area (Å²) in [5.41, 5.74) is 5.76. The first-order valence-electron chi connectivity index (χ1n) is 4.88. The number of carbonyl (C=O) groups is 2. The summed E-state index contributed by atoms with van der Waals surface area (Å²) in [5, 5.41) is 0. The number of methoxy groups -OCH3 is 1. The number of aldehydes is 1. The van der Waals surface area contributed by atoms with Gasteiger partial charge in [0.05, 0.1) is 7.11 Å². The number of rotatable bonds is 6. The minimum absolute atomic E-state index is 0.208. The molecule has 0 saturated carbocycles. The molecular formula is C12H13NO4. The van der Waals surface area contributed by atoms with Crippen molar-refractivity contribution in [1.82, 2.24) is 0 Å². The van der Waals surface area contributed by atoms with E-state index in [1.54, 1.807) is 24.3 Å². The first-order chi connectivity index (χ1) is 8.17. The summed E-state index contributed by atoms with van der Waals surface area (Å²) < 4.78 is 10.3. The van der Waals surface area contributed by atoms with Crippen LogP contribution in [0.5, 0.6) is 11.5 Å². The highest BCUT2D eigenvalue weighted by atomic mass is 16.5. The van der Waals surface area contributed by atoms with E-state index in [1.807, 2.05) is 0 Å². The van der Waals surface area contributed by atoms with Gasteiger partial charge in [0, 0.05) is 0 Å². The summed E-state index contributed by atoms with van der Waals surface area (Å²) in [5.74, 6) is 0.339. The molecule has 0 aromatic heterocycles. The van der Waals surface area contributed by atoms with Crippen LogP contribution in [0.1, 0.15) is 5.56 Å². The van der Waals surface area contributed by atoms with Crippen LogP contribution in [0, 0.1) is 0 Å². The van der Waals surface area contributed by atoms with Crippen LogP contribution < -0.4 is 15.2 Å². The number of hydrogen-bond donors (Lipinski definition) is 1. The van der Waals surface area contributed by atoms with Gasteiger partial charge in [-0.3, -0.25) is 9.59 Å².